The molecule has 0 aliphatic heterocycles. The molecule has 0 spiro atoms. The maximum atomic E-state index is 9.40. The molecule has 8 nitrogen and oxygen atoms in total. The first kappa shape index (κ1) is 19.7. The van der Waals surface area contributed by atoms with Gasteiger partial charge in [0.15, 0.2) is 0 Å². The monoisotopic (exact) mass is 360 g/mol. The van der Waals surface area contributed by atoms with Crippen LogP contribution in [0.4, 0.5) is 17.8 Å². The van der Waals surface area contributed by atoms with Crippen LogP contribution in [0.1, 0.15) is 32.8 Å². The zero-order valence-corrected chi connectivity index (χ0v) is 15.8. The Balaban J connectivity index is 2.19. The number of hydrogen-bond acceptors (Lipinski definition) is 8. The molecular formula is C18H28N6O2. The van der Waals surface area contributed by atoms with Crippen molar-refractivity contribution in [1.82, 2.24) is 15.0 Å². The fourth-order valence-electron chi connectivity index (χ4n) is 2.32. The van der Waals surface area contributed by atoms with Gasteiger partial charge in [-0.05, 0) is 26.3 Å². The Morgan fingerprint density at radius 3 is 2.31 bits per heavy atom. The zero-order valence-electron chi connectivity index (χ0n) is 15.8. The highest BCUT2D eigenvalue weighted by atomic mass is 16.5. The molecule has 4 N–H and O–H groups in total. The molecule has 142 valence electrons. The maximum absolute atomic E-state index is 9.40. The summed E-state index contributed by atoms with van der Waals surface area (Å²) in [5.41, 5.74) is 1.00. The van der Waals surface area contributed by atoms with Crippen molar-refractivity contribution in [2.45, 2.75) is 45.8 Å². The summed E-state index contributed by atoms with van der Waals surface area (Å²) in [6.07, 6.45) is 0.763. The van der Waals surface area contributed by atoms with Gasteiger partial charge in [0.1, 0.15) is 5.75 Å². The van der Waals surface area contributed by atoms with Crippen molar-refractivity contribution in [3.63, 3.8) is 0 Å². The van der Waals surface area contributed by atoms with Gasteiger partial charge in [0.05, 0.1) is 19.8 Å². The highest BCUT2D eigenvalue weighted by Gasteiger charge is 2.12. The first-order valence-corrected chi connectivity index (χ1v) is 8.81. The summed E-state index contributed by atoms with van der Waals surface area (Å²) in [6, 6.07) is 7.86. The molecule has 0 saturated carbocycles. The van der Waals surface area contributed by atoms with E-state index in [1.807, 2.05) is 45.0 Å². The Morgan fingerprint density at radius 1 is 1.04 bits per heavy atom. The zero-order chi connectivity index (χ0) is 18.9. The van der Waals surface area contributed by atoms with Gasteiger partial charge in [0.25, 0.3) is 0 Å². The minimum absolute atomic E-state index is 0.0130. The van der Waals surface area contributed by atoms with E-state index in [2.05, 4.69) is 30.9 Å². The Kier molecular flexibility index (Phi) is 7.40. The fourth-order valence-corrected chi connectivity index (χ4v) is 2.32. The summed E-state index contributed by atoms with van der Waals surface area (Å²) in [4.78, 5) is 13.2. The number of anilines is 3. The molecule has 0 unspecified atom stereocenters. The van der Waals surface area contributed by atoms with Gasteiger partial charge in [-0.3, -0.25) is 0 Å². The molecule has 0 saturated heterocycles. The van der Waals surface area contributed by atoms with E-state index >= 15 is 0 Å². The van der Waals surface area contributed by atoms with Crippen LogP contribution >= 0.6 is 0 Å². The van der Waals surface area contributed by atoms with Crippen LogP contribution in [0, 0.1) is 0 Å². The van der Waals surface area contributed by atoms with E-state index in [0.717, 1.165) is 17.7 Å². The number of rotatable bonds is 10. The number of benzene rings is 1. The molecule has 1 aromatic heterocycles. The minimum Gasteiger partial charge on any atom is -0.496 e. The lowest BCUT2D eigenvalue weighted by Crippen LogP contribution is -2.25. The first-order valence-electron chi connectivity index (χ1n) is 8.81. The summed E-state index contributed by atoms with van der Waals surface area (Å²) < 4.78 is 5.37. The molecule has 0 aliphatic rings. The van der Waals surface area contributed by atoms with E-state index in [9.17, 15) is 5.11 Å². The second-order valence-electron chi connectivity index (χ2n) is 6.20. The normalized spacial score (nSPS) is 11.9. The van der Waals surface area contributed by atoms with Gasteiger partial charge in [-0.15, -0.1) is 0 Å². The number of aliphatic hydroxyl groups is 1. The quantitative estimate of drug-likeness (QED) is 0.512. The minimum atomic E-state index is -0.105. The van der Waals surface area contributed by atoms with Gasteiger partial charge in [0.2, 0.25) is 17.8 Å². The van der Waals surface area contributed by atoms with Gasteiger partial charge >= 0.3 is 0 Å². The topological polar surface area (TPSA) is 104 Å². The van der Waals surface area contributed by atoms with E-state index < -0.39 is 0 Å². The molecule has 0 aliphatic carbocycles. The molecule has 0 radical (unpaired) electrons. The van der Waals surface area contributed by atoms with E-state index in [-0.39, 0.29) is 18.7 Å². The van der Waals surface area contributed by atoms with Crippen LogP contribution in [-0.4, -0.2) is 45.9 Å². The van der Waals surface area contributed by atoms with Crippen molar-refractivity contribution in [1.29, 1.82) is 0 Å². The summed E-state index contributed by atoms with van der Waals surface area (Å²) in [5.74, 6) is 2.16. The van der Waals surface area contributed by atoms with Crippen molar-refractivity contribution in [2.24, 2.45) is 0 Å². The van der Waals surface area contributed by atoms with E-state index in [1.54, 1.807) is 7.11 Å². The molecule has 0 fully saturated rings. The van der Waals surface area contributed by atoms with Gasteiger partial charge < -0.3 is 25.8 Å². The molecule has 0 bridgehead atoms. The van der Waals surface area contributed by atoms with Gasteiger partial charge in [-0.2, -0.15) is 15.0 Å². The molecule has 2 rings (SSSR count). The average Bonchev–Trinajstić information content (AvgIpc) is 2.64. The number of nitrogens with zero attached hydrogens (tertiary/aromatic N) is 3. The Hall–Kier alpha value is -2.61. The number of methoxy groups -OCH3 is 1. The second kappa shape index (κ2) is 9.76. The third kappa shape index (κ3) is 5.73. The number of aromatic nitrogens is 3. The first-order chi connectivity index (χ1) is 12.5. The van der Waals surface area contributed by atoms with Crippen molar-refractivity contribution >= 4 is 17.8 Å². The predicted molar refractivity (Wildman–Crippen MR) is 104 cm³/mol. The van der Waals surface area contributed by atoms with Crippen molar-refractivity contribution < 1.29 is 9.84 Å². The molecule has 2 aromatic rings. The lowest BCUT2D eigenvalue weighted by Gasteiger charge is -2.17. The maximum Gasteiger partial charge on any atom is 0.229 e. The standard InChI is InChI=1S/C18H28N6O2/c1-5-14(11-25)21-18-23-16(22-17(24-18)20-12(2)3)19-10-13-8-6-7-9-15(13)26-4/h6-9,12,14,25H,5,10-11H2,1-4H3,(H3,19,20,21,22,23,24)/t14-/m1/s1. The summed E-state index contributed by atoms with van der Waals surface area (Å²) in [7, 11) is 1.65. The molecule has 1 atom stereocenters. The van der Waals surface area contributed by atoms with Gasteiger partial charge in [-0.1, -0.05) is 25.1 Å². The molecule has 1 heterocycles. The number of ether oxygens (including phenoxy) is 1. The lowest BCUT2D eigenvalue weighted by molar-refractivity contribution is 0.271. The highest BCUT2D eigenvalue weighted by Crippen LogP contribution is 2.19. The van der Waals surface area contributed by atoms with E-state index in [1.165, 1.54) is 0 Å². The van der Waals surface area contributed by atoms with Crippen LogP contribution < -0.4 is 20.7 Å². The van der Waals surface area contributed by atoms with Crippen LogP contribution in [0.25, 0.3) is 0 Å². The van der Waals surface area contributed by atoms with Crippen LogP contribution in [0.5, 0.6) is 5.75 Å². The Morgan fingerprint density at radius 2 is 1.69 bits per heavy atom. The SMILES string of the molecule is CC[C@H](CO)Nc1nc(NCc2ccccc2OC)nc(NC(C)C)n1. The van der Waals surface area contributed by atoms with Crippen LogP contribution in [0.2, 0.25) is 0 Å². The number of hydrogen-bond donors (Lipinski definition) is 4. The van der Waals surface area contributed by atoms with Crippen molar-refractivity contribution in [3.05, 3.63) is 29.8 Å². The number of para-hydroxylation sites is 1. The van der Waals surface area contributed by atoms with Crippen LogP contribution in [-0.2, 0) is 6.54 Å². The smallest absolute Gasteiger partial charge is 0.229 e. The predicted octanol–water partition coefficient (Wildman–Crippen LogP) is 2.50. The lowest BCUT2D eigenvalue weighted by atomic mass is 10.2. The number of aliphatic hydroxyl groups excluding tert-OH is 1. The third-order valence-corrected chi connectivity index (χ3v) is 3.73. The fraction of sp³-hybridized carbons (Fsp3) is 0.500. The van der Waals surface area contributed by atoms with Gasteiger partial charge in [0, 0.05) is 18.2 Å². The molecule has 0 amide bonds. The largest absolute Gasteiger partial charge is 0.496 e. The average molecular weight is 360 g/mol. The number of nitrogens with one attached hydrogen (secondary N) is 3. The highest BCUT2D eigenvalue weighted by molar-refractivity contribution is 5.44. The third-order valence-electron chi connectivity index (χ3n) is 3.73. The summed E-state index contributed by atoms with van der Waals surface area (Å²) in [5, 5.41) is 18.9. The van der Waals surface area contributed by atoms with Gasteiger partial charge in [-0.25, -0.2) is 0 Å². The molecular weight excluding hydrogens is 332 g/mol. The van der Waals surface area contributed by atoms with Crippen LogP contribution in [0.3, 0.4) is 0 Å². The molecule has 26 heavy (non-hydrogen) atoms. The van der Waals surface area contributed by atoms with E-state index in [0.29, 0.717) is 24.4 Å². The van der Waals surface area contributed by atoms with Crippen molar-refractivity contribution in [2.75, 3.05) is 29.7 Å². The van der Waals surface area contributed by atoms with E-state index in [4.69, 9.17) is 4.74 Å². The summed E-state index contributed by atoms with van der Waals surface area (Å²) in [6.45, 7) is 6.55. The summed E-state index contributed by atoms with van der Waals surface area (Å²) >= 11 is 0. The van der Waals surface area contributed by atoms with Crippen LogP contribution in [0.15, 0.2) is 24.3 Å². The molecule has 1 aromatic carbocycles. The van der Waals surface area contributed by atoms with Crippen molar-refractivity contribution in [3.8, 4) is 5.75 Å². The second-order valence-corrected chi connectivity index (χ2v) is 6.20. The molecule has 8 heteroatoms. The Labute approximate surface area is 154 Å². The Bertz CT molecular complexity index is 691.